The Balaban J connectivity index is 0.000000156. The lowest BCUT2D eigenvalue weighted by Crippen LogP contribution is -2.44. The minimum atomic E-state index is 0.851. The summed E-state index contributed by atoms with van der Waals surface area (Å²) in [4.78, 5) is 7.01. The fraction of sp³-hybridized carbons (Fsp3) is 0.429. The Morgan fingerprint density at radius 1 is 0.667 bits per heavy atom. The van der Waals surface area contributed by atoms with Crippen LogP contribution in [0.4, 0.5) is 11.4 Å². The Morgan fingerprint density at radius 3 is 1.59 bits per heavy atom. The molecule has 2 aliphatic rings. The van der Waals surface area contributed by atoms with Gasteiger partial charge in [-0.1, -0.05) is 47.5 Å². The highest BCUT2D eigenvalue weighted by molar-refractivity contribution is 6.33. The molecule has 146 valence electrons. The number of nitrogens with zero attached hydrogens (tertiary/aromatic N) is 3. The molecule has 2 heterocycles. The average molecular weight is 407 g/mol. The van der Waals surface area contributed by atoms with Crippen molar-refractivity contribution in [1.29, 1.82) is 0 Å². The first-order valence-electron chi connectivity index (χ1n) is 9.53. The largest absolute Gasteiger partial charge is 0.368 e. The lowest BCUT2D eigenvalue weighted by Gasteiger charge is -2.34. The highest BCUT2D eigenvalue weighted by atomic mass is 35.5. The summed E-state index contributed by atoms with van der Waals surface area (Å²) in [5, 5.41) is 5.03. The Bertz CT molecular complexity index is 711. The zero-order valence-electron chi connectivity index (χ0n) is 15.9. The van der Waals surface area contributed by atoms with Crippen molar-refractivity contribution in [2.24, 2.45) is 0 Å². The molecule has 2 aromatic carbocycles. The second-order valence-corrected chi connectivity index (χ2v) is 7.74. The van der Waals surface area contributed by atoms with E-state index in [0.717, 1.165) is 68.1 Å². The molecular formula is C21H28Cl2N4. The molecule has 0 spiro atoms. The summed E-state index contributed by atoms with van der Waals surface area (Å²) in [5.74, 6) is 0. The van der Waals surface area contributed by atoms with Crippen LogP contribution in [0, 0.1) is 0 Å². The highest BCUT2D eigenvalue weighted by Gasteiger charge is 2.15. The van der Waals surface area contributed by atoms with Gasteiger partial charge in [0, 0.05) is 52.4 Å². The number of anilines is 2. The van der Waals surface area contributed by atoms with E-state index in [1.165, 1.54) is 5.69 Å². The molecule has 4 rings (SSSR count). The van der Waals surface area contributed by atoms with Gasteiger partial charge in [-0.05, 0) is 31.3 Å². The van der Waals surface area contributed by atoms with E-state index < -0.39 is 0 Å². The summed E-state index contributed by atoms with van der Waals surface area (Å²) >= 11 is 12.2. The van der Waals surface area contributed by atoms with Crippen molar-refractivity contribution in [2.75, 3.05) is 69.2 Å². The predicted octanol–water partition coefficient (Wildman–Crippen LogP) is 3.84. The first-order chi connectivity index (χ1) is 13.1. The number of nitrogens with one attached hydrogen (secondary N) is 1. The Labute approximate surface area is 172 Å². The number of para-hydroxylation sites is 2. The molecule has 6 heteroatoms. The molecule has 0 saturated carbocycles. The van der Waals surface area contributed by atoms with Gasteiger partial charge in [0.2, 0.25) is 0 Å². The molecule has 2 saturated heterocycles. The number of rotatable bonds is 2. The summed E-state index contributed by atoms with van der Waals surface area (Å²) in [7, 11) is 2.16. The van der Waals surface area contributed by atoms with Crippen LogP contribution in [-0.2, 0) is 0 Å². The van der Waals surface area contributed by atoms with Gasteiger partial charge in [-0.3, -0.25) is 0 Å². The van der Waals surface area contributed by atoms with E-state index in [9.17, 15) is 0 Å². The van der Waals surface area contributed by atoms with Crippen molar-refractivity contribution >= 4 is 34.6 Å². The van der Waals surface area contributed by atoms with Crippen LogP contribution in [0.25, 0.3) is 0 Å². The van der Waals surface area contributed by atoms with Crippen molar-refractivity contribution in [3.8, 4) is 0 Å². The first kappa shape index (κ1) is 20.3. The van der Waals surface area contributed by atoms with Crippen LogP contribution >= 0.6 is 23.2 Å². The molecule has 2 aliphatic heterocycles. The van der Waals surface area contributed by atoms with Gasteiger partial charge in [-0.2, -0.15) is 0 Å². The van der Waals surface area contributed by atoms with Gasteiger partial charge in [0.05, 0.1) is 21.4 Å². The maximum absolute atomic E-state index is 6.14. The van der Waals surface area contributed by atoms with Crippen LogP contribution in [0.15, 0.2) is 48.5 Å². The number of hydrogen-bond acceptors (Lipinski definition) is 4. The number of halogens is 2. The maximum atomic E-state index is 6.14. The molecule has 27 heavy (non-hydrogen) atoms. The third-order valence-corrected chi connectivity index (χ3v) is 5.65. The fourth-order valence-corrected chi connectivity index (χ4v) is 3.88. The van der Waals surface area contributed by atoms with E-state index in [1.807, 2.05) is 36.4 Å². The monoisotopic (exact) mass is 406 g/mol. The fourth-order valence-electron chi connectivity index (χ4n) is 3.37. The van der Waals surface area contributed by atoms with Gasteiger partial charge in [0.25, 0.3) is 0 Å². The summed E-state index contributed by atoms with van der Waals surface area (Å²) in [6.07, 6.45) is 0. The lowest BCUT2D eigenvalue weighted by atomic mass is 10.2. The molecule has 0 aliphatic carbocycles. The van der Waals surface area contributed by atoms with Crippen LogP contribution in [0.1, 0.15) is 0 Å². The molecule has 2 aromatic rings. The Morgan fingerprint density at radius 2 is 1.11 bits per heavy atom. The molecule has 0 radical (unpaired) electrons. The van der Waals surface area contributed by atoms with Crippen LogP contribution in [-0.4, -0.2) is 64.3 Å². The Kier molecular flexibility index (Phi) is 7.65. The SMILES string of the molecule is CN1CCN(c2ccccc2Cl)CC1.Clc1ccccc1N1CCNCC1. The van der Waals surface area contributed by atoms with Gasteiger partial charge in [0.15, 0.2) is 0 Å². The zero-order chi connectivity index (χ0) is 19.1. The summed E-state index contributed by atoms with van der Waals surface area (Å²) in [6, 6.07) is 16.1. The average Bonchev–Trinajstić information content (AvgIpc) is 2.71. The molecule has 0 aromatic heterocycles. The molecule has 0 bridgehead atoms. The predicted molar refractivity (Wildman–Crippen MR) is 118 cm³/mol. The standard InChI is InChI=1S/C11H15ClN2.C10H13ClN2/c1-13-6-8-14(9-7-13)11-5-3-2-4-10(11)12;11-9-3-1-2-4-10(9)13-7-5-12-6-8-13/h2-5H,6-9H2,1H3;1-4,12H,5-8H2. The molecule has 1 N–H and O–H groups in total. The number of likely N-dealkylation sites (N-methyl/N-ethyl adjacent to an activating group) is 1. The summed E-state index contributed by atoms with van der Waals surface area (Å²) in [5.41, 5.74) is 2.33. The third-order valence-electron chi connectivity index (χ3n) is 5.01. The minimum absolute atomic E-state index is 0.851. The quantitative estimate of drug-likeness (QED) is 0.817. The van der Waals surface area contributed by atoms with Crippen molar-refractivity contribution in [2.45, 2.75) is 0 Å². The molecular weight excluding hydrogens is 379 g/mol. The van der Waals surface area contributed by atoms with Gasteiger partial charge in [0.1, 0.15) is 0 Å². The topological polar surface area (TPSA) is 21.8 Å². The van der Waals surface area contributed by atoms with E-state index in [0.29, 0.717) is 0 Å². The molecule has 0 atom stereocenters. The van der Waals surface area contributed by atoms with Crippen molar-refractivity contribution in [3.63, 3.8) is 0 Å². The lowest BCUT2D eigenvalue weighted by molar-refractivity contribution is 0.313. The van der Waals surface area contributed by atoms with Gasteiger partial charge >= 0.3 is 0 Å². The molecule has 2 fully saturated rings. The van der Waals surface area contributed by atoms with Crippen molar-refractivity contribution in [1.82, 2.24) is 10.2 Å². The van der Waals surface area contributed by atoms with Crippen LogP contribution in [0.2, 0.25) is 10.0 Å². The minimum Gasteiger partial charge on any atom is -0.368 e. The van der Waals surface area contributed by atoms with E-state index in [4.69, 9.17) is 23.2 Å². The van der Waals surface area contributed by atoms with Gasteiger partial charge in [-0.25, -0.2) is 0 Å². The number of hydrogen-bond donors (Lipinski definition) is 1. The first-order valence-corrected chi connectivity index (χ1v) is 10.3. The van der Waals surface area contributed by atoms with Crippen LogP contribution in [0.3, 0.4) is 0 Å². The van der Waals surface area contributed by atoms with Gasteiger partial charge in [-0.15, -0.1) is 0 Å². The van der Waals surface area contributed by atoms with Crippen LogP contribution < -0.4 is 15.1 Å². The van der Waals surface area contributed by atoms with E-state index in [2.05, 4.69) is 39.2 Å². The van der Waals surface area contributed by atoms with E-state index in [-0.39, 0.29) is 0 Å². The van der Waals surface area contributed by atoms with E-state index in [1.54, 1.807) is 0 Å². The van der Waals surface area contributed by atoms with Crippen LogP contribution in [0.5, 0.6) is 0 Å². The number of piperazine rings is 2. The Hall–Kier alpha value is -1.46. The van der Waals surface area contributed by atoms with E-state index >= 15 is 0 Å². The normalized spacial score (nSPS) is 18.0. The van der Waals surface area contributed by atoms with Crippen molar-refractivity contribution in [3.05, 3.63) is 58.6 Å². The summed E-state index contributed by atoms with van der Waals surface area (Å²) < 4.78 is 0. The molecule has 4 nitrogen and oxygen atoms in total. The maximum Gasteiger partial charge on any atom is 0.0639 e. The smallest absolute Gasteiger partial charge is 0.0639 e. The second-order valence-electron chi connectivity index (χ2n) is 6.93. The highest BCUT2D eigenvalue weighted by Crippen LogP contribution is 2.26. The zero-order valence-corrected chi connectivity index (χ0v) is 17.4. The second kappa shape index (κ2) is 10.2. The molecule has 0 unspecified atom stereocenters. The summed E-state index contributed by atoms with van der Waals surface area (Å²) in [6.45, 7) is 8.56. The van der Waals surface area contributed by atoms with Crippen molar-refractivity contribution < 1.29 is 0 Å². The van der Waals surface area contributed by atoms with Gasteiger partial charge < -0.3 is 20.0 Å². The third kappa shape index (κ3) is 5.76. The molecule has 0 amide bonds. The number of benzene rings is 2.